The molecular weight excluding hydrogens is 398 g/mol. The summed E-state index contributed by atoms with van der Waals surface area (Å²) >= 11 is 1.36. The molecule has 7 heteroatoms. The smallest absolute Gasteiger partial charge is 0.310 e. The molecule has 3 heterocycles. The Hall–Kier alpha value is -3.45. The molecule has 6 nitrogen and oxygen atoms in total. The molecular formula is C23H19N3O3S. The molecule has 0 aliphatic carbocycles. The van der Waals surface area contributed by atoms with Crippen molar-refractivity contribution in [1.82, 2.24) is 9.13 Å². The average Bonchev–Trinajstić information content (AvgIpc) is 3.36. The number of nitrogens with zero attached hydrogens (tertiary/aromatic N) is 3. The zero-order valence-corrected chi connectivity index (χ0v) is 17.2. The maximum atomic E-state index is 13.4. The van der Waals surface area contributed by atoms with Gasteiger partial charge in [0.15, 0.2) is 0 Å². The molecule has 0 N–H and O–H groups in total. The summed E-state index contributed by atoms with van der Waals surface area (Å²) in [5.41, 5.74) is 1.66. The standard InChI is InChI=1S/C23H19N3O3S/c1-15-13-18-21(28)26(17-8-3-2-4-9-17)23(29)25(22(18)30-15)14-20(27)24-12-11-16-7-5-6-10-19(16)24/h2-10,13H,11-12,14H2,1H3. The van der Waals surface area contributed by atoms with Crippen LogP contribution in [0.5, 0.6) is 0 Å². The number of carbonyl (C=O) groups is 1. The highest BCUT2D eigenvalue weighted by Gasteiger charge is 2.26. The van der Waals surface area contributed by atoms with Crippen LogP contribution in [-0.4, -0.2) is 21.6 Å². The third kappa shape index (κ3) is 2.90. The lowest BCUT2D eigenvalue weighted by atomic mass is 10.2. The summed E-state index contributed by atoms with van der Waals surface area (Å²) in [5.74, 6) is -0.160. The third-order valence-electron chi connectivity index (χ3n) is 5.43. The summed E-state index contributed by atoms with van der Waals surface area (Å²) in [6.07, 6.45) is 0.799. The molecule has 30 heavy (non-hydrogen) atoms. The Labute approximate surface area is 176 Å². The monoisotopic (exact) mass is 417 g/mol. The number of amides is 1. The minimum atomic E-state index is -0.499. The number of aryl methyl sites for hydroxylation is 1. The van der Waals surface area contributed by atoms with Crippen LogP contribution in [0.15, 0.2) is 70.3 Å². The topological polar surface area (TPSA) is 64.3 Å². The number of hydrogen-bond donors (Lipinski definition) is 0. The van der Waals surface area contributed by atoms with Crippen molar-refractivity contribution in [3.8, 4) is 5.69 Å². The van der Waals surface area contributed by atoms with Gasteiger partial charge >= 0.3 is 5.69 Å². The van der Waals surface area contributed by atoms with Gasteiger partial charge in [0.2, 0.25) is 5.91 Å². The van der Waals surface area contributed by atoms with Crippen molar-refractivity contribution in [3.63, 3.8) is 0 Å². The maximum Gasteiger partial charge on any atom is 0.337 e. The van der Waals surface area contributed by atoms with E-state index in [4.69, 9.17) is 0 Å². The molecule has 0 atom stereocenters. The fraction of sp³-hybridized carbons (Fsp3) is 0.174. The summed E-state index contributed by atoms with van der Waals surface area (Å²) in [6, 6.07) is 18.4. The Morgan fingerprint density at radius 1 is 1.03 bits per heavy atom. The lowest BCUT2D eigenvalue weighted by Gasteiger charge is -2.19. The zero-order valence-electron chi connectivity index (χ0n) is 16.4. The van der Waals surface area contributed by atoms with E-state index in [2.05, 4.69) is 0 Å². The highest BCUT2D eigenvalue weighted by Crippen LogP contribution is 2.28. The molecule has 5 rings (SSSR count). The molecule has 150 valence electrons. The van der Waals surface area contributed by atoms with E-state index in [0.29, 0.717) is 22.4 Å². The molecule has 2 aromatic carbocycles. The predicted molar refractivity (Wildman–Crippen MR) is 119 cm³/mol. The van der Waals surface area contributed by atoms with Crippen LogP contribution < -0.4 is 16.1 Å². The second kappa shape index (κ2) is 7.11. The van der Waals surface area contributed by atoms with E-state index in [1.807, 2.05) is 37.3 Å². The molecule has 0 spiro atoms. The quantitative estimate of drug-likeness (QED) is 0.515. The molecule has 0 unspecified atom stereocenters. The van der Waals surface area contributed by atoms with Gasteiger partial charge in [0.1, 0.15) is 11.4 Å². The number of carbonyl (C=O) groups excluding carboxylic acids is 1. The number of anilines is 1. The molecule has 4 aromatic rings. The lowest BCUT2D eigenvalue weighted by Crippen LogP contribution is -2.42. The van der Waals surface area contributed by atoms with Gasteiger partial charge < -0.3 is 4.90 Å². The Kier molecular flexibility index (Phi) is 4.40. The zero-order chi connectivity index (χ0) is 20.8. The fourth-order valence-corrected chi connectivity index (χ4v) is 5.02. The van der Waals surface area contributed by atoms with E-state index < -0.39 is 5.69 Å². The normalized spacial score (nSPS) is 13.0. The Balaban J connectivity index is 1.65. The fourth-order valence-electron chi connectivity index (χ4n) is 4.03. The lowest BCUT2D eigenvalue weighted by molar-refractivity contribution is -0.119. The van der Waals surface area contributed by atoms with Gasteiger partial charge in [-0.3, -0.25) is 14.2 Å². The first kappa shape index (κ1) is 18.6. The van der Waals surface area contributed by atoms with Crippen LogP contribution in [0.3, 0.4) is 0 Å². The molecule has 0 saturated carbocycles. The van der Waals surface area contributed by atoms with E-state index in [9.17, 15) is 14.4 Å². The summed E-state index contributed by atoms with van der Waals surface area (Å²) in [5, 5.41) is 0.454. The van der Waals surface area contributed by atoms with Crippen LogP contribution in [0.2, 0.25) is 0 Å². The molecule has 1 amide bonds. The first-order chi connectivity index (χ1) is 14.5. The minimum Gasteiger partial charge on any atom is -0.310 e. The van der Waals surface area contributed by atoms with Gasteiger partial charge in [-0.2, -0.15) is 0 Å². The number of fused-ring (bicyclic) bond motifs is 2. The molecule has 0 saturated heterocycles. The molecule has 0 fully saturated rings. The van der Waals surface area contributed by atoms with E-state index in [0.717, 1.165) is 27.1 Å². The molecule has 2 aromatic heterocycles. The van der Waals surface area contributed by atoms with Crippen molar-refractivity contribution in [1.29, 1.82) is 0 Å². The Bertz CT molecular complexity index is 1400. The molecule has 0 radical (unpaired) electrons. The highest BCUT2D eigenvalue weighted by atomic mass is 32.1. The number of rotatable bonds is 3. The van der Waals surface area contributed by atoms with Gasteiger partial charge in [-0.05, 0) is 43.2 Å². The number of para-hydroxylation sites is 2. The Morgan fingerprint density at radius 3 is 2.57 bits per heavy atom. The van der Waals surface area contributed by atoms with Crippen molar-refractivity contribution in [2.75, 3.05) is 11.4 Å². The van der Waals surface area contributed by atoms with Crippen LogP contribution in [0, 0.1) is 6.92 Å². The third-order valence-corrected chi connectivity index (χ3v) is 6.51. The molecule has 1 aliphatic rings. The predicted octanol–water partition coefficient (Wildman–Crippen LogP) is 3.11. The van der Waals surface area contributed by atoms with Gasteiger partial charge in [0.05, 0.1) is 11.1 Å². The molecule has 1 aliphatic heterocycles. The second-order valence-electron chi connectivity index (χ2n) is 7.34. The number of hydrogen-bond acceptors (Lipinski definition) is 4. The summed E-state index contributed by atoms with van der Waals surface area (Å²) in [4.78, 5) is 42.8. The van der Waals surface area contributed by atoms with Crippen molar-refractivity contribution in [2.24, 2.45) is 0 Å². The number of thiophene rings is 1. The van der Waals surface area contributed by atoms with Gasteiger partial charge in [-0.25, -0.2) is 9.36 Å². The van der Waals surface area contributed by atoms with Crippen LogP contribution >= 0.6 is 11.3 Å². The van der Waals surface area contributed by atoms with E-state index >= 15 is 0 Å². The summed E-state index contributed by atoms with van der Waals surface area (Å²) in [6.45, 7) is 2.37. The summed E-state index contributed by atoms with van der Waals surface area (Å²) < 4.78 is 2.59. The summed E-state index contributed by atoms with van der Waals surface area (Å²) in [7, 11) is 0. The SMILES string of the molecule is Cc1cc2c(=O)n(-c3ccccc3)c(=O)n(CC(=O)N3CCc4ccccc43)c2s1. The number of aromatic nitrogens is 2. The van der Waals surface area contributed by atoms with Gasteiger partial charge in [-0.15, -0.1) is 11.3 Å². The van der Waals surface area contributed by atoms with E-state index in [-0.39, 0.29) is 18.0 Å². The Morgan fingerprint density at radius 2 is 1.77 bits per heavy atom. The van der Waals surface area contributed by atoms with Gasteiger partial charge in [0, 0.05) is 17.1 Å². The van der Waals surface area contributed by atoms with E-state index in [1.54, 1.807) is 35.2 Å². The van der Waals surface area contributed by atoms with Crippen LogP contribution in [0.1, 0.15) is 10.4 Å². The van der Waals surface area contributed by atoms with Crippen molar-refractivity contribution < 1.29 is 4.79 Å². The first-order valence-corrected chi connectivity index (χ1v) is 10.6. The largest absolute Gasteiger partial charge is 0.337 e. The first-order valence-electron chi connectivity index (χ1n) is 9.74. The van der Waals surface area contributed by atoms with Crippen molar-refractivity contribution in [3.05, 3.63) is 91.9 Å². The van der Waals surface area contributed by atoms with Crippen LogP contribution in [0.4, 0.5) is 5.69 Å². The highest BCUT2D eigenvalue weighted by molar-refractivity contribution is 7.18. The van der Waals surface area contributed by atoms with E-state index in [1.165, 1.54) is 15.9 Å². The second-order valence-corrected chi connectivity index (χ2v) is 8.58. The average molecular weight is 417 g/mol. The number of benzene rings is 2. The van der Waals surface area contributed by atoms with Crippen LogP contribution in [0.25, 0.3) is 15.9 Å². The molecule has 0 bridgehead atoms. The van der Waals surface area contributed by atoms with Crippen molar-refractivity contribution in [2.45, 2.75) is 19.9 Å². The van der Waals surface area contributed by atoms with Gasteiger partial charge in [-0.1, -0.05) is 36.4 Å². The van der Waals surface area contributed by atoms with Gasteiger partial charge in [0.25, 0.3) is 5.56 Å². The van der Waals surface area contributed by atoms with Crippen LogP contribution in [-0.2, 0) is 17.8 Å². The maximum absolute atomic E-state index is 13.4. The minimum absolute atomic E-state index is 0.114. The van der Waals surface area contributed by atoms with Crippen molar-refractivity contribution >= 4 is 33.1 Å².